The van der Waals surface area contributed by atoms with Gasteiger partial charge in [-0.3, -0.25) is 4.79 Å². The number of allylic oxidation sites excluding steroid dienone is 1. The smallest absolute Gasteiger partial charge is 0.251 e. The molecular weight excluding hydrogens is 316 g/mol. The molecule has 1 aromatic rings. The van der Waals surface area contributed by atoms with Gasteiger partial charge < -0.3 is 14.9 Å². The van der Waals surface area contributed by atoms with E-state index in [1.807, 2.05) is 26.8 Å². The van der Waals surface area contributed by atoms with Gasteiger partial charge in [0, 0.05) is 28.4 Å². The first-order valence-electron chi connectivity index (χ1n) is 7.48. The Hall–Kier alpha value is -1.86. The molecular formula is C16H21N2O4S-. The summed E-state index contributed by atoms with van der Waals surface area (Å²) >= 11 is 0. The molecule has 0 saturated carbocycles. The van der Waals surface area contributed by atoms with E-state index in [-0.39, 0.29) is 12.3 Å². The second kappa shape index (κ2) is 6.33. The highest BCUT2D eigenvalue weighted by atomic mass is 32.2. The van der Waals surface area contributed by atoms with Crippen LogP contribution in [0.3, 0.4) is 0 Å². The van der Waals surface area contributed by atoms with E-state index in [4.69, 9.17) is 0 Å². The Labute approximate surface area is 136 Å². The standard InChI is InChI=1S/C16H22N2O4S/c1-5-12-10(3)16(19)18-15(12)8-14-9(2)13(11(4)17-14)6-7-23(20,21)22/h8,17H,5-7H2,1-4H3,(H,18,19)(H,20,21,22)/p-1/b15-8-. The van der Waals surface area contributed by atoms with Gasteiger partial charge in [0.05, 0.1) is 10.1 Å². The number of hydrogen-bond acceptors (Lipinski definition) is 4. The summed E-state index contributed by atoms with van der Waals surface area (Å²) in [5.74, 6) is -0.509. The van der Waals surface area contributed by atoms with Crippen LogP contribution in [0.5, 0.6) is 0 Å². The summed E-state index contributed by atoms with van der Waals surface area (Å²) in [6.45, 7) is 7.51. The summed E-state index contributed by atoms with van der Waals surface area (Å²) in [7, 11) is -4.24. The lowest BCUT2D eigenvalue weighted by atomic mass is 10.0. The molecule has 23 heavy (non-hydrogen) atoms. The normalized spacial score (nSPS) is 17.3. The van der Waals surface area contributed by atoms with Crippen LogP contribution in [-0.2, 0) is 21.3 Å². The Morgan fingerprint density at radius 3 is 2.43 bits per heavy atom. The number of H-pyrrole nitrogens is 1. The van der Waals surface area contributed by atoms with Gasteiger partial charge in [-0.25, -0.2) is 8.42 Å². The van der Waals surface area contributed by atoms with Crippen molar-refractivity contribution >= 4 is 22.1 Å². The molecule has 0 bridgehead atoms. The number of hydrogen-bond donors (Lipinski definition) is 2. The molecule has 0 fully saturated rings. The van der Waals surface area contributed by atoms with Gasteiger partial charge in [0.15, 0.2) is 0 Å². The highest BCUT2D eigenvalue weighted by Crippen LogP contribution is 2.27. The first-order chi connectivity index (χ1) is 10.6. The van der Waals surface area contributed by atoms with Crippen molar-refractivity contribution in [3.63, 3.8) is 0 Å². The first kappa shape index (κ1) is 17.5. The van der Waals surface area contributed by atoms with E-state index in [9.17, 15) is 17.8 Å². The summed E-state index contributed by atoms with van der Waals surface area (Å²) in [6.07, 6.45) is 2.80. The lowest BCUT2D eigenvalue weighted by Crippen LogP contribution is -2.15. The van der Waals surface area contributed by atoms with E-state index in [1.54, 1.807) is 6.92 Å². The fourth-order valence-electron chi connectivity index (χ4n) is 2.92. The van der Waals surface area contributed by atoms with Gasteiger partial charge in [-0.05, 0) is 56.4 Å². The van der Waals surface area contributed by atoms with Gasteiger partial charge >= 0.3 is 0 Å². The minimum absolute atomic E-state index is 0.0910. The molecule has 0 aliphatic carbocycles. The van der Waals surface area contributed by atoms with Crippen LogP contribution in [0.15, 0.2) is 16.8 Å². The van der Waals surface area contributed by atoms with Crippen LogP contribution >= 0.6 is 0 Å². The van der Waals surface area contributed by atoms with Crippen molar-refractivity contribution in [2.75, 3.05) is 5.75 Å². The van der Waals surface area contributed by atoms with Crippen molar-refractivity contribution in [2.45, 2.75) is 40.5 Å². The van der Waals surface area contributed by atoms with Gasteiger partial charge in [-0.15, -0.1) is 0 Å². The van der Waals surface area contributed by atoms with Gasteiger partial charge in [-0.1, -0.05) is 6.92 Å². The molecule has 6 nitrogen and oxygen atoms in total. The average Bonchev–Trinajstić information content (AvgIpc) is 2.85. The lowest BCUT2D eigenvalue weighted by Gasteiger charge is -2.07. The zero-order valence-corrected chi connectivity index (χ0v) is 14.6. The summed E-state index contributed by atoms with van der Waals surface area (Å²) in [6, 6.07) is 0. The number of carbonyl (C=O) groups excluding carboxylic acids is 1. The third-order valence-electron chi connectivity index (χ3n) is 4.24. The molecule has 0 atom stereocenters. The Morgan fingerprint density at radius 2 is 1.87 bits per heavy atom. The zero-order chi connectivity index (χ0) is 17.4. The molecule has 7 heteroatoms. The van der Waals surface area contributed by atoms with Crippen LogP contribution in [0.2, 0.25) is 0 Å². The highest BCUT2D eigenvalue weighted by Gasteiger charge is 2.23. The fraction of sp³-hybridized carbons (Fsp3) is 0.438. The van der Waals surface area contributed by atoms with Crippen molar-refractivity contribution in [1.29, 1.82) is 0 Å². The summed E-state index contributed by atoms with van der Waals surface area (Å²) in [4.78, 5) is 15.0. The Kier molecular flexibility index (Phi) is 4.81. The first-order valence-corrected chi connectivity index (χ1v) is 9.06. The molecule has 0 aromatic carbocycles. The second-order valence-electron chi connectivity index (χ2n) is 5.75. The minimum atomic E-state index is -4.24. The molecule has 1 aliphatic heterocycles. The number of carbonyl (C=O) groups is 1. The largest absolute Gasteiger partial charge is 0.748 e. The van der Waals surface area contributed by atoms with Gasteiger partial charge in [0.2, 0.25) is 0 Å². The second-order valence-corrected chi connectivity index (χ2v) is 7.27. The maximum atomic E-state index is 11.8. The number of aromatic amines is 1. The van der Waals surface area contributed by atoms with Crippen LogP contribution < -0.4 is 5.32 Å². The molecule has 1 aliphatic rings. The van der Waals surface area contributed by atoms with Crippen molar-refractivity contribution in [3.05, 3.63) is 39.4 Å². The molecule has 0 radical (unpaired) electrons. The highest BCUT2D eigenvalue weighted by molar-refractivity contribution is 7.85. The maximum absolute atomic E-state index is 11.8. The van der Waals surface area contributed by atoms with E-state index in [0.717, 1.165) is 45.8 Å². The summed E-state index contributed by atoms with van der Waals surface area (Å²) < 4.78 is 32.5. The lowest BCUT2D eigenvalue weighted by molar-refractivity contribution is -0.116. The maximum Gasteiger partial charge on any atom is 0.251 e. The average molecular weight is 337 g/mol. The van der Waals surface area contributed by atoms with E-state index in [0.29, 0.717) is 0 Å². The number of amides is 1. The van der Waals surface area contributed by atoms with E-state index in [1.165, 1.54) is 0 Å². The molecule has 0 unspecified atom stereocenters. The Morgan fingerprint density at radius 1 is 1.22 bits per heavy atom. The minimum Gasteiger partial charge on any atom is -0.748 e. The number of aromatic nitrogens is 1. The molecule has 126 valence electrons. The summed E-state index contributed by atoms with van der Waals surface area (Å²) in [5, 5.41) is 2.85. The van der Waals surface area contributed by atoms with Gasteiger partial charge in [0.1, 0.15) is 0 Å². The molecule has 0 saturated heterocycles. The van der Waals surface area contributed by atoms with Crippen LogP contribution in [0.4, 0.5) is 0 Å². The third-order valence-corrected chi connectivity index (χ3v) is 4.95. The molecule has 2 heterocycles. The summed E-state index contributed by atoms with van der Waals surface area (Å²) in [5.41, 5.74) is 5.84. The Bertz CT molecular complexity index is 813. The van der Waals surface area contributed by atoms with Crippen LogP contribution in [0, 0.1) is 13.8 Å². The van der Waals surface area contributed by atoms with E-state index in [2.05, 4.69) is 10.3 Å². The number of rotatable bonds is 5. The fourth-order valence-corrected chi connectivity index (χ4v) is 3.37. The van der Waals surface area contributed by atoms with Gasteiger partial charge in [-0.2, -0.15) is 0 Å². The monoisotopic (exact) mass is 337 g/mol. The van der Waals surface area contributed by atoms with Crippen molar-refractivity contribution in [2.24, 2.45) is 0 Å². The predicted molar refractivity (Wildman–Crippen MR) is 87.6 cm³/mol. The SMILES string of the molecule is CCC1=C(C)C(=O)N/C1=C\c1[nH]c(C)c(CCS(=O)(=O)[O-])c1C. The topological polar surface area (TPSA) is 102 Å². The third kappa shape index (κ3) is 3.73. The molecule has 0 spiro atoms. The van der Waals surface area contributed by atoms with E-state index < -0.39 is 15.9 Å². The number of nitrogens with one attached hydrogen (secondary N) is 2. The zero-order valence-electron chi connectivity index (χ0n) is 13.7. The van der Waals surface area contributed by atoms with Gasteiger partial charge in [0.25, 0.3) is 5.91 Å². The predicted octanol–water partition coefficient (Wildman–Crippen LogP) is 1.92. The van der Waals surface area contributed by atoms with Crippen molar-refractivity contribution in [3.8, 4) is 0 Å². The van der Waals surface area contributed by atoms with Crippen LogP contribution in [0.1, 0.15) is 42.8 Å². The van der Waals surface area contributed by atoms with E-state index >= 15 is 0 Å². The molecule has 1 amide bonds. The Balaban J connectivity index is 2.36. The number of aryl methyl sites for hydroxylation is 1. The molecule has 2 rings (SSSR count). The van der Waals surface area contributed by atoms with Crippen molar-refractivity contribution < 1.29 is 17.8 Å². The quantitative estimate of drug-likeness (QED) is 0.801. The van der Waals surface area contributed by atoms with Crippen molar-refractivity contribution in [1.82, 2.24) is 10.3 Å². The molecule has 1 aromatic heterocycles. The van der Waals surface area contributed by atoms with Crippen LogP contribution in [0.25, 0.3) is 6.08 Å². The molecule has 2 N–H and O–H groups in total. The van der Waals surface area contributed by atoms with Crippen LogP contribution in [-0.4, -0.2) is 29.6 Å².